The van der Waals surface area contributed by atoms with Crippen LogP contribution in [-0.2, 0) is 11.5 Å². The number of rotatable bonds is 15. The van der Waals surface area contributed by atoms with E-state index in [1.54, 1.807) is 18.3 Å². The van der Waals surface area contributed by atoms with Gasteiger partial charge in [0.2, 0.25) is 5.88 Å². The Kier molecular flexibility index (Phi) is 11.1. The average molecular weight is 548 g/mol. The van der Waals surface area contributed by atoms with E-state index in [1.165, 1.54) is 63.9 Å². The molecule has 0 aliphatic heterocycles. The topological polar surface area (TPSA) is 36.3 Å². The van der Waals surface area contributed by atoms with E-state index in [1.807, 2.05) is 22.9 Å². The lowest BCUT2D eigenvalue weighted by atomic mass is 9.89. The van der Waals surface area contributed by atoms with Gasteiger partial charge in [-0.2, -0.15) is 0 Å². The van der Waals surface area contributed by atoms with E-state index in [2.05, 4.69) is 41.7 Å². The van der Waals surface area contributed by atoms with Gasteiger partial charge in [-0.15, -0.1) is 0 Å². The van der Waals surface area contributed by atoms with Crippen molar-refractivity contribution in [2.45, 2.75) is 91.7 Å². The number of hydrogen-bond donors (Lipinski definition) is 0. The molecule has 35 heavy (non-hydrogen) atoms. The van der Waals surface area contributed by atoms with Gasteiger partial charge in [-0.3, -0.25) is 0 Å². The van der Waals surface area contributed by atoms with E-state index in [9.17, 15) is 4.39 Å². The predicted molar refractivity (Wildman–Crippen MR) is 145 cm³/mol. The van der Waals surface area contributed by atoms with E-state index < -0.39 is 0 Å². The molecule has 3 aromatic rings. The van der Waals surface area contributed by atoms with Crippen molar-refractivity contribution < 1.29 is 13.9 Å². The lowest BCUT2D eigenvalue weighted by Gasteiger charge is -2.17. The molecule has 1 aromatic carbocycles. The van der Waals surface area contributed by atoms with Crippen LogP contribution in [0.5, 0.6) is 11.6 Å². The zero-order chi connectivity index (χ0) is 25.1. The standard InChI is InChI=1S/C29H40BrFN2O2/c1-29(2,3)17-11-9-7-5-4-6-8-10-12-20-34-22-33-19-16-24-27(33)15-18-32-28(24)35-23-13-14-25(30)26(31)21-23/h13-16,18-19,21H,4-12,17,20,22H2,1-3H3. The maximum atomic E-state index is 13.8. The van der Waals surface area contributed by atoms with Crippen LogP contribution in [0.1, 0.15) is 85.0 Å². The lowest BCUT2D eigenvalue weighted by molar-refractivity contribution is 0.0766. The van der Waals surface area contributed by atoms with Gasteiger partial charge in [-0.1, -0.05) is 72.1 Å². The highest BCUT2D eigenvalue weighted by molar-refractivity contribution is 9.10. The smallest absolute Gasteiger partial charge is 0.228 e. The number of halogens is 2. The van der Waals surface area contributed by atoms with Gasteiger partial charge in [-0.05, 0) is 58.5 Å². The second-order valence-electron chi connectivity index (χ2n) is 10.5. The molecule has 4 nitrogen and oxygen atoms in total. The number of pyridine rings is 1. The van der Waals surface area contributed by atoms with Gasteiger partial charge in [0.15, 0.2) is 0 Å². The number of fused-ring (bicyclic) bond motifs is 1. The monoisotopic (exact) mass is 546 g/mol. The summed E-state index contributed by atoms with van der Waals surface area (Å²) >= 11 is 3.16. The highest BCUT2D eigenvalue weighted by atomic mass is 79.9. The Bertz CT molecular complexity index is 1040. The van der Waals surface area contributed by atoms with Crippen molar-refractivity contribution in [3.8, 4) is 11.6 Å². The zero-order valence-corrected chi connectivity index (χ0v) is 23.1. The molecule has 2 heterocycles. The summed E-state index contributed by atoms with van der Waals surface area (Å²) in [5.41, 5.74) is 1.46. The minimum absolute atomic E-state index is 0.368. The molecule has 192 valence electrons. The Morgan fingerprint density at radius 1 is 0.914 bits per heavy atom. The van der Waals surface area contributed by atoms with Crippen molar-refractivity contribution in [1.29, 1.82) is 0 Å². The van der Waals surface area contributed by atoms with Crippen LogP contribution < -0.4 is 4.74 Å². The van der Waals surface area contributed by atoms with Crippen LogP contribution in [-0.4, -0.2) is 16.2 Å². The molecule has 0 amide bonds. The molecule has 0 N–H and O–H groups in total. The number of aromatic nitrogens is 2. The third kappa shape index (κ3) is 9.57. The van der Waals surface area contributed by atoms with Crippen molar-refractivity contribution in [2.24, 2.45) is 5.41 Å². The number of ether oxygens (including phenoxy) is 2. The fourth-order valence-electron chi connectivity index (χ4n) is 4.20. The first-order valence-electron chi connectivity index (χ1n) is 13.0. The number of hydrogen-bond acceptors (Lipinski definition) is 3. The highest BCUT2D eigenvalue weighted by Crippen LogP contribution is 2.30. The summed E-state index contributed by atoms with van der Waals surface area (Å²) < 4.78 is 28.0. The highest BCUT2D eigenvalue weighted by Gasteiger charge is 2.11. The Labute approximate surface area is 218 Å². The Morgan fingerprint density at radius 3 is 2.29 bits per heavy atom. The third-order valence-corrected chi connectivity index (χ3v) is 6.86. The van der Waals surface area contributed by atoms with Crippen LogP contribution in [0.25, 0.3) is 10.9 Å². The first-order chi connectivity index (χ1) is 16.8. The van der Waals surface area contributed by atoms with Crippen molar-refractivity contribution in [2.75, 3.05) is 6.61 Å². The first-order valence-corrected chi connectivity index (χ1v) is 13.8. The van der Waals surface area contributed by atoms with Crippen molar-refractivity contribution in [3.05, 3.63) is 53.0 Å². The van der Waals surface area contributed by atoms with Crippen LogP contribution in [0.2, 0.25) is 0 Å². The van der Waals surface area contributed by atoms with Gasteiger partial charge in [0.25, 0.3) is 0 Å². The summed E-state index contributed by atoms with van der Waals surface area (Å²) in [6.45, 7) is 8.25. The SMILES string of the molecule is CC(C)(C)CCCCCCCCCCCOCn1ccc2c(Oc3ccc(Br)c(F)c3)nccc21. The quantitative estimate of drug-likeness (QED) is 0.178. The van der Waals surface area contributed by atoms with Crippen LogP contribution in [0.3, 0.4) is 0 Å². The maximum absolute atomic E-state index is 13.8. The summed E-state index contributed by atoms with van der Waals surface area (Å²) in [4.78, 5) is 4.33. The van der Waals surface area contributed by atoms with Crippen LogP contribution in [0.15, 0.2) is 47.2 Å². The molecule has 0 bridgehead atoms. The largest absolute Gasteiger partial charge is 0.438 e. The normalized spacial score (nSPS) is 11.9. The van der Waals surface area contributed by atoms with Crippen LogP contribution in [0, 0.1) is 11.2 Å². The van der Waals surface area contributed by atoms with Gasteiger partial charge in [0, 0.05) is 25.1 Å². The molecule has 2 aromatic heterocycles. The van der Waals surface area contributed by atoms with Gasteiger partial charge in [-0.25, -0.2) is 9.37 Å². The molecule has 0 aliphatic rings. The molecular formula is C29H40BrFN2O2. The molecule has 0 spiro atoms. The van der Waals surface area contributed by atoms with Gasteiger partial charge >= 0.3 is 0 Å². The summed E-state index contributed by atoms with van der Waals surface area (Å²) in [5, 5.41) is 0.873. The van der Waals surface area contributed by atoms with Crippen LogP contribution in [0.4, 0.5) is 4.39 Å². The van der Waals surface area contributed by atoms with Gasteiger partial charge in [0.1, 0.15) is 18.3 Å². The number of nitrogens with zero attached hydrogens (tertiary/aromatic N) is 2. The van der Waals surface area contributed by atoms with E-state index in [-0.39, 0.29) is 5.82 Å². The van der Waals surface area contributed by atoms with Crippen LogP contribution >= 0.6 is 15.9 Å². The summed E-state index contributed by atoms with van der Waals surface area (Å²) in [6, 6.07) is 8.58. The van der Waals surface area contributed by atoms with Crippen molar-refractivity contribution in [3.63, 3.8) is 0 Å². The summed E-state index contributed by atoms with van der Waals surface area (Å²) in [5.74, 6) is 0.500. The fourth-order valence-corrected chi connectivity index (χ4v) is 4.45. The van der Waals surface area contributed by atoms with E-state index >= 15 is 0 Å². The van der Waals surface area contributed by atoms with E-state index in [0.717, 1.165) is 23.9 Å². The minimum Gasteiger partial charge on any atom is -0.438 e. The van der Waals surface area contributed by atoms with E-state index in [0.29, 0.717) is 28.2 Å². The molecule has 0 atom stereocenters. The maximum Gasteiger partial charge on any atom is 0.228 e. The molecule has 0 radical (unpaired) electrons. The number of unbranched alkanes of at least 4 members (excludes halogenated alkanes) is 8. The molecule has 0 unspecified atom stereocenters. The third-order valence-electron chi connectivity index (χ3n) is 6.21. The van der Waals surface area contributed by atoms with Crippen molar-refractivity contribution in [1.82, 2.24) is 9.55 Å². The second-order valence-corrected chi connectivity index (χ2v) is 11.4. The number of benzene rings is 1. The Morgan fingerprint density at radius 2 is 1.60 bits per heavy atom. The molecule has 0 fully saturated rings. The minimum atomic E-state index is -0.368. The first kappa shape index (κ1) is 27.7. The molecule has 0 aliphatic carbocycles. The predicted octanol–water partition coefficient (Wildman–Crippen LogP) is 9.65. The second kappa shape index (κ2) is 14.0. The molecule has 3 rings (SSSR count). The van der Waals surface area contributed by atoms with Gasteiger partial charge < -0.3 is 14.0 Å². The Balaban J connectivity index is 1.31. The Hall–Kier alpha value is -1.92. The lowest BCUT2D eigenvalue weighted by Crippen LogP contribution is -2.03. The van der Waals surface area contributed by atoms with E-state index in [4.69, 9.17) is 9.47 Å². The molecule has 0 saturated heterocycles. The zero-order valence-electron chi connectivity index (χ0n) is 21.5. The average Bonchev–Trinajstić information content (AvgIpc) is 3.23. The van der Waals surface area contributed by atoms with Gasteiger partial charge in [0.05, 0.1) is 15.4 Å². The van der Waals surface area contributed by atoms with Crippen molar-refractivity contribution >= 4 is 26.8 Å². The fraction of sp³-hybridized carbons (Fsp3) is 0.552. The summed E-state index contributed by atoms with van der Waals surface area (Å²) in [7, 11) is 0. The molecule has 0 saturated carbocycles. The molecular weight excluding hydrogens is 507 g/mol. The summed E-state index contributed by atoms with van der Waals surface area (Å²) in [6.07, 6.45) is 16.8. The molecule has 6 heteroatoms.